The van der Waals surface area contributed by atoms with E-state index in [1.54, 1.807) is 18.2 Å². The number of ketones is 1. The van der Waals surface area contributed by atoms with Crippen LogP contribution in [0.15, 0.2) is 24.3 Å². The van der Waals surface area contributed by atoms with Crippen LogP contribution in [0.4, 0.5) is 0 Å². The van der Waals surface area contributed by atoms with E-state index in [0.29, 0.717) is 35.7 Å². The lowest BCUT2D eigenvalue weighted by Gasteiger charge is -2.24. The molecular weight excluding hydrogens is 300 g/mol. The maximum absolute atomic E-state index is 12.8. The molecule has 23 heavy (non-hydrogen) atoms. The number of Topliss-reactive ketones (excluding diaryl/α,β-unsaturated/α-hetero) is 1. The smallest absolute Gasteiger partial charge is 0.307 e. The first-order valence-corrected chi connectivity index (χ1v) is 7.25. The second kappa shape index (κ2) is 7.17. The van der Waals surface area contributed by atoms with Crippen molar-refractivity contribution >= 4 is 11.8 Å². The molecule has 0 radical (unpaired) electrons. The van der Waals surface area contributed by atoms with E-state index >= 15 is 0 Å². The highest BCUT2D eigenvalue weighted by molar-refractivity contribution is 6.01. The molecule has 0 heterocycles. The quantitative estimate of drug-likeness (QED) is 0.641. The van der Waals surface area contributed by atoms with Crippen LogP contribution in [0, 0.1) is 11.8 Å². The lowest BCUT2D eigenvalue weighted by molar-refractivity contribution is -0.143. The van der Waals surface area contributed by atoms with Crippen LogP contribution >= 0.6 is 0 Å². The zero-order chi connectivity index (χ0) is 17.0. The fourth-order valence-electron chi connectivity index (χ4n) is 2.81. The minimum absolute atomic E-state index is 0.235. The Balaban J connectivity index is 2.42. The van der Waals surface area contributed by atoms with Crippen molar-refractivity contribution in [1.82, 2.24) is 0 Å². The van der Waals surface area contributed by atoms with Crippen molar-refractivity contribution in [3.05, 3.63) is 29.8 Å². The molecule has 124 valence electrons. The first-order valence-electron chi connectivity index (χ1n) is 7.25. The maximum atomic E-state index is 12.8. The lowest BCUT2D eigenvalue weighted by atomic mass is 9.78. The van der Waals surface area contributed by atoms with E-state index in [9.17, 15) is 14.7 Å². The van der Waals surface area contributed by atoms with E-state index in [1.807, 2.05) is 6.08 Å². The molecule has 0 fully saturated rings. The molecule has 6 heteroatoms. The number of aliphatic carboxylic acids is 1. The van der Waals surface area contributed by atoms with Crippen LogP contribution in [0.3, 0.4) is 0 Å². The van der Waals surface area contributed by atoms with Gasteiger partial charge in [0.05, 0.1) is 27.2 Å². The Kier molecular flexibility index (Phi) is 5.26. The van der Waals surface area contributed by atoms with Gasteiger partial charge in [0.2, 0.25) is 5.75 Å². The highest BCUT2D eigenvalue weighted by Gasteiger charge is 2.35. The summed E-state index contributed by atoms with van der Waals surface area (Å²) in [6.07, 6.45) is 4.42. The van der Waals surface area contributed by atoms with E-state index in [1.165, 1.54) is 21.3 Å². The molecule has 2 atom stereocenters. The Hall–Kier alpha value is -2.50. The number of rotatable bonds is 6. The molecule has 0 saturated carbocycles. The average molecular weight is 320 g/mol. The van der Waals surface area contributed by atoms with E-state index in [4.69, 9.17) is 14.2 Å². The third-order valence-corrected chi connectivity index (χ3v) is 4.04. The molecule has 2 rings (SSSR count). The lowest BCUT2D eigenvalue weighted by Crippen LogP contribution is -2.31. The number of ether oxygens (including phenoxy) is 3. The average Bonchev–Trinajstić information content (AvgIpc) is 2.59. The highest BCUT2D eigenvalue weighted by atomic mass is 16.5. The summed E-state index contributed by atoms with van der Waals surface area (Å²) in [7, 11) is 4.41. The van der Waals surface area contributed by atoms with Gasteiger partial charge >= 0.3 is 5.97 Å². The number of allylic oxidation sites excluding steroid dienone is 2. The molecule has 1 aromatic carbocycles. The van der Waals surface area contributed by atoms with Crippen molar-refractivity contribution in [3.63, 3.8) is 0 Å². The normalized spacial score (nSPS) is 20.0. The monoisotopic (exact) mass is 320 g/mol. The van der Waals surface area contributed by atoms with Crippen LogP contribution < -0.4 is 14.2 Å². The molecule has 0 unspecified atom stereocenters. The van der Waals surface area contributed by atoms with Crippen molar-refractivity contribution < 1.29 is 28.9 Å². The first-order chi connectivity index (χ1) is 11.0. The largest absolute Gasteiger partial charge is 0.493 e. The summed E-state index contributed by atoms with van der Waals surface area (Å²) in [5.41, 5.74) is 0.353. The summed E-state index contributed by atoms with van der Waals surface area (Å²) in [4.78, 5) is 24.2. The second-order valence-electron chi connectivity index (χ2n) is 5.27. The fraction of sp³-hybridized carbons (Fsp3) is 0.412. The van der Waals surface area contributed by atoms with Crippen LogP contribution in [0.2, 0.25) is 0 Å². The van der Waals surface area contributed by atoms with Gasteiger partial charge in [0.25, 0.3) is 0 Å². The predicted molar refractivity (Wildman–Crippen MR) is 83.4 cm³/mol. The molecule has 0 bridgehead atoms. The van der Waals surface area contributed by atoms with Gasteiger partial charge in [-0.1, -0.05) is 12.2 Å². The molecule has 0 amide bonds. The molecular formula is C17H20O6. The summed E-state index contributed by atoms with van der Waals surface area (Å²) in [5.74, 6) is -1.38. The summed E-state index contributed by atoms with van der Waals surface area (Å²) in [6.45, 7) is 0. The van der Waals surface area contributed by atoms with Crippen molar-refractivity contribution in [2.45, 2.75) is 12.8 Å². The first kappa shape index (κ1) is 16.9. The number of benzene rings is 1. The summed E-state index contributed by atoms with van der Waals surface area (Å²) < 4.78 is 15.7. The molecule has 1 aromatic rings. The Labute approximate surface area is 134 Å². The summed E-state index contributed by atoms with van der Waals surface area (Å²) >= 11 is 0. The van der Waals surface area contributed by atoms with Crippen molar-refractivity contribution in [2.24, 2.45) is 11.8 Å². The maximum Gasteiger partial charge on any atom is 0.307 e. The molecule has 1 aliphatic rings. The predicted octanol–water partition coefficient (Wildman–Crippen LogP) is 2.56. The van der Waals surface area contributed by atoms with Crippen molar-refractivity contribution in [1.29, 1.82) is 0 Å². The topological polar surface area (TPSA) is 82.1 Å². The zero-order valence-corrected chi connectivity index (χ0v) is 13.4. The highest BCUT2D eigenvalue weighted by Crippen LogP contribution is 2.40. The van der Waals surface area contributed by atoms with E-state index in [-0.39, 0.29) is 5.78 Å². The number of carboxylic acids is 1. The van der Waals surface area contributed by atoms with Crippen LogP contribution in [-0.4, -0.2) is 38.2 Å². The number of methoxy groups -OCH3 is 3. The van der Waals surface area contributed by atoms with Crippen LogP contribution in [0.5, 0.6) is 17.2 Å². The van der Waals surface area contributed by atoms with Gasteiger partial charge in [-0.2, -0.15) is 0 Å². The van der Waals surface area contributed by atoms with Crippen LogP contribution in [0.1, 0.15) is 23.2 Å². The third-order valence-electron chi connectivity index (χ3n) is 4.04. The molecule has 0 saturated heterocycles. The molecule has 0 spiro atoms. The molecule has 6 nitrogen and oxygen atoms in total. The second-order valence-corrected chi connectivity index (χ2v) is 5.27. The Bertz CT molecular complexity index is 609. The van der Waals surface area contributed by atoms with Gasteiger partial charge in [-0.25, -0.2) is 0 Å². The summed E-state index contributed by atoms with van der Waals surface area (Å²) in [5, 5.41) is 9.33. The number of hydrogen-bond donors (Lipinski definition) is 1. The Morgan fingerprint density at radius 3 is 1.91 bits per heavy atom. The standard InChI is InChI=1S/C17H20O6/c1-21-13-8-10(9-14(22-2)16(13)23-3)15(18)11-6-4-5-7-12(11)17(19)20/h4-5,8-9,11-12H,6-7H2,1-3H3,(H,19,20)/t11-,12+/m0/s1. The Morgan fingerprint density at radius 1 is 0.957 bits per heavy atom. The molecule has 1 aliphatic carbocycles. The Morgan fingerprint density at radius 2 is 1.48 bits per heavy atom. The van der Waals surface area contributed by atoms with E-state index in [0.717, 1.165) is 0 Å². The zero-order valence-electron chi connectivity index (χ0n) is 13.4. The number of carbonyl (C=O) groups is 2. The van der Waals surface area contributed by atoms with Gasteiger partial charge < -0.3 is 19.3 Å². The van der Waals surface area contributed by atoms with Gasteiger partial charge in [-0.05, 0) is 25.0 Å². The van der Waals surface area contributed by atoms with Crippen molar-refractivity contribution in [3.8, 4) is 17.2 Å². The number of hydrogen-bond acceptors (Lipinski definition) is 5. The van der Waals surface area contributed by atoms with Gasteiger partial charge in [-0.3, -0.25) is 9.59 Å². The van der Waals surface area contributed by atoms with Crippen LogP contribution in [0.25, 0.3) is 0 Å². The third kappa shape index (κ3) is 3.31. The fourth-order valence-corrected chi connectivity index (χ4v) is 2.81. The van der Waals surface area contributed by atoms with Crippen molar-refractivity contribution in [2.75, 3.05) is 21.3 Å². The molecule has 0 aliphatic heterocycles. The van der Waals surface area contributed by atoms with Gasteiger partial charge in [-0.15, -0.1) is 0 Å². The SMILES string of the molecule is COc1cc(C(=O)[C@H]2CC=CC[C@H]2C(=O)O)cc(OC)c1OC. The number of carboxylic acid groups (broad SMARTS) is 1. The van der Waals surface area contributed by atoms with Gasteiger partial charge in [0, 0.05) is 11.5 Å². The number of carbonyl (C=O) groups excluding carboxylic acids is 1. The molecule has 1 N–H and O–H groups in total. The van der Waals surface area contributed by atoms with E-state index in [2.05, 4.69) is 0 Å². The van der Waals surface area contributed by atoms with Gasteiger partial charge in [0.1, 0.15) is 0 Å². The molecule has 0 aromatic heterocycles. The van der Waals surface area contributed by atoms with Gasteiger partial charge in [0.15, 0.2) is 17.3 Å². The minimum Gasteiger partial charge on any atom is -0.493 e. The minimum atomic E-state index is -0.958. The van der Waals surface area contributed by atoms with Crippen LogP contribution in [-0.2, 0) is 4.79 Å². The van der Waals surface area contributed by atoms with E-state index < -0.39 is 17.8 Å². The summed E-state index contributed by atoms with van der Waals surface area (Å²) in [6, 6.07) is 3.11.